The van der Waals surface area contributed by atoms with E-state index in [9.17, 15) is 19.2 Å². The van der Waals surface area contributed by atoms with Crippen LogP contribution in [0, 0.1) is 5.92 Å². The van der Waals surface area contributed by atoms with E-state index in [1.165, 1.54) is 0 Å². The van der Waals surface area contributed by atoms with Crippen molar-refractivity contribution >= 4 is 22.7 Å². The molecule has 26 heavy (non-hydrogen) atoms. The van der Waals surface area contributed by atoms with Crippen LogP contribution in [0.5, 0.6) is 0 Å². The summed E-state index contributed by atoms with van der Waals surface area (Å²) in [5, 5.41) is 3.02. The van der Waals surface area contributed by atoms with Gasteiger partial charge in [-0.3, -0.25) is 19.0 Å². The number of piperidine rings is 1. The number of benzene rings is 1. The van der Waals surface area contributed by atoms with Gasteiger partial charge in [0.15, 0.2) is 0 Å². The summed E-state index contributed by atoms with van der Waals surface area (Å²) in [4.78, 5) is 53.1. The molecule has 2 heterocycles. The smallest absolute Gasteiger partial charge is 0.328 e. The Morgan fingerprint density at radius 3 is 2.54 bits per heavy atom. The van der Waals surface area contributed by atoms with E-state index in [1.54, 1.807) is 37.1 Å². The number of fused-ring (bicyclic) bond motifs is 1. The molecule has 1 aromatic carbocycles. The highest BCUT2D eigenvalue weighted by atomic mass is 16.2. The molecule has 8 nitrogen and oxygen atoms in total. The van der Waals surface area contributed by atoms with E-state index < -0.39 is 5.69 Å². The second kappa shape index (κ2) is 7.15. The molecule has 2 aromatic rings. The Morgan fingerprint density at radius 2 is 1.92 bits per heavy atom. The molecular weight excluding hydrogens is 336 g/mol. The minimum absolute atomic E-state index is 0.00702. The van der Waals surface area contributed by atoms with Crippen molar-refractivity contribution in [3.8, 4) is 0 Å². The van der Waals surface area contributed by atoms with Gasteiger partial charge in [0.05, 0.1) is 10.9 Å². The average Bonchev–Trinajstić information content (AvgIpc) is 2.66. The molecule has 0 atom stereocenters. The first-order chi connectivity index (χ1) is 12.5. The Balaban J connectivity index is 1.85. The normalized spacial score (nSPS) is 15.2. The van der Waals surface area contributed by atoms with Gasteiger partial charge >= 0.3 is 5.69 Å². The van der Waals surface area contributed by atoms with Crippen LogP contribution in [0.15, 0.2) is 27.8 Å². The van der Waals surface area contributed by atoms with Crippen LogP contribution in [0.1, 0.15) is 30.1 Å². The molecule has 0 spiro atoms. The molecule has 2 N–H and O–H groups in total. The highest BCUT2D eigenvalue weighted by molar-refractivity contribution is 5.97. The number of aromatic nitrogens is 2. The third-order valence-electron chi connectivity index (χ3n) is 4.94. The molecule has 1 aliphatic heterocycles. The quantitative estimate of drug-likeness (QED) is 0.824. The molecule has 0 radical (unpaired) electrons. The molecule has 0 unspecified atom stereocenters. The summed E-state index contributed by atoms with van der Waals surface area (Å²) in [7, 11) is 1.61. The van der Waals surface area contributed by atoms with Gasteiger partial charge in [-0.15, -0.1) is 0 Å². The molecule has 2 amide bonds. The molecule has 1 aromatic heterocycles. The lowest BCUT2D eigenvalue weighted by Crippen LogP contribution is -2.42. The molecule has 1 saturated heterocycles. The number of amides is 2. The van der Waals surface area contributed by atoms with Crippen molar-refractivity contribution in [3.05, 3.63) is 44.6 Å². The summed E-state index contributed by atoms with van der Waals surface area (Å²) >= 11 is 0. The first-order valence-electron chi connectivity index (χ1n) is 8.74. The topological polar surface area (TPSA) is 104 Å². The van der Waals surface area contributed by atoms with E-state index >= 15 is 0 Å². The maximum Gasteiger partial charge on any atom is 0.328 e. The summed E-state index contributed by atoms with van der Waals surface area (Å²) in [6, 6.07) is 4.73. The molecular formula is C18H22N4O4. The van der Waals surface area contributed by atoms with Gasteiger partial charge in [0.25, 0.3) is 11.5 Å². The van der Waals surface area contributed by atoms with Crippen molar-refractivity contribution in [2.75, 3.05) is 20.1 Å². The van der Waals surface area contributed by atoms with Gasteiger partial charge in [-0.25, -0.2) is 4.79 Å². The van der Waals surface area contributed by atoms with E-state index in [2.05, 4.69) is 10.3 Å². The maximum absolute atomic E-state index is 12.7. The van der Waals surface area contributed by atoms with Crippen LogP contribution in [0.3, 0.4) is 0 Å². The fraction of sp³-hybridized carbons (Fsp3) is 0.444. The van der Waals surface area contributed by atoms with Gasteiger partial charge < -0.3 is 15.2 Å². The Bertz CT molecular complexity index is 967. The number of aromatic amines is 1. The lowest BCUT2D eigenvalue weighted by atomic mass is 9.95. The van der Waals surface area contributed by atoms with E-state index in [1.807, 2.05) is 0 Å². The predicted molar refractivity (Wildman–Crippen MR) is 97.2 cm³/mol. The van der Waals surface area contributed by atoms with Crippen molar-refractivity contribution in [2.45, 2.75) is 26.3 Å². The van der Waals surface area contributed by atoms with E-state index in [0.717, 1.165) is 4.57 Å². The van der Waals surface area contributed by atoms with Gasteiger partial charge in [0, 0.05) is 38.2 Å². The van der Waals surface area contributed by atoms with Crippen LogP contribution in [0.4, 0.5) is 0 Å². The largest absolute Gasteiger partial charge is 0.359 e. The van der Waals surface area contributed by atoms with E-state index in [0.29, 0.717) is 42.4 Å². The van der Waals surface area contributed by atoms with Crippen LogP contribution in [-0.2, 0) is 11.3 Å². The molecule has 138 valence electrons. The van der Waals surface area contributed by atoms with Crippen molar-refractivity contribution in [3.63, 3.8) is 0 Å². The standard InChI is InChI=1S/C18H22N4O4/c1-3-22-17(25)13-5-4-12(10-14(13)20-18(22)26)16(24)21-8-6-11(7-9-21)15(23)19-2/h4-5,10-11H,3,6-9H2,1-2H3,(H,19,23)(H,20,26). The lowest BCUT2D eigenvalue weighted by Gasteiger charge is -2.31. The fourth-order valence-corrected chi connectivity index (χ4v) is 3.41. The van der Waals surface area contributed by atoms with Crippen LogP contribution in [-0.4, -0.2) is 46.4 Å². The summed E-state index contributed by atoms with van der Waals surface area (Å²) < 4.78 is 1.12. The minimum Gasteiger partial charge on any atom is -0.359 e. The number of carbonyl (C=O) groups excluding carboxylic acids is 2. The Hall–Kier alpha value is -2.90. The summed E-state index contributed by atoms with van der Waals surface area (Å²) in [6.07, 6.45) is 1.24. The molecule has 0 bridgehead atoms. The van der Waals surface area contributed by atoms with Gasteiger partial charge in [0.2, 0.25) is 5.91 Å². The summed E-state index contributed by atoms with van der Waals surface area (Å²) in [5.41, 5.74) is -0.0754. The highest BCUT2D eigenvalue weighted by Crippen LogP contribution is 2.20. The van der Waals surface area contributed by atoms with Crippen LogP contribution in [0.2, 0.25) is 0 Å². The molecule has 0 saturated carbocycles. The number of H-pyrrole nitrogens is 1. The first-order valence-corrected chi connectivity index (χ1v) is 8.74. The fourth-order valence-electron chi connectivity index (χ4n) is 3.41. The van der Waals surface area contributed by atoms with Crippen molar-refractivity contribution in [1.82, 2.24) is 19.8 Å². The molecule has 1 aliphatic rings. The third kappa shape index (κ3) is 3.14. The van der Waals surface area contributed by atoms with Crippen LogP contribution < -0.4 is 16.6 Å². The lowest BCUT2D eigenvalue weighted by molar-refractivity contribution is -0.125. The maximum atomic E-state index is 12.7. The highest BCUT2D eigenvalue weighted by Gasteiger charge is 2.27. The summed E-state index contributed by atoms with van der Waals surface area (Å²) in [6.45, 7) is 3.01. The van der Waals surface area contributed by atoms with Gasteiger partial charge in [-0.1, -0.05) is 0 Å². The van der Waals surface area contributed by atoms with Gasteiger partial charge in [0.1, 0.15) is 0 Å². The zero-order chi connectivity index (χ0) is 18.8. The molecule has 1 fully saturated rings. The number of hydrogen-bond acceptors (Lipinski definition) is 4. The monoisotopic (exact) mass is 358 g/mol. The number of hydrogen-bond donors (Lipinski definition) is 2. The first kappa shape index (κ1) is 17.9. The number of likely N-dealkylation sites (tertiary alicyclic amines) is 1. The van der Waals surface area contributed by atoms with Crippen molar-refractivity contribution in [1.29, 1.82) is 0 Å². The third-order valence-corrected chi connectivity index (χ3v) is 4.94. The van der Waals surface area contributed by atoms with Crippen molar-refractivity contribution in [2.24, 2.45) is 5.92 Å². The zero-order valence-corrected chi connectivity index (χ0v) is 14.9. The Labute approximate surface area is 149 Å². The summed E-state index contributed by atoms with van der Waals surface area (Å²) in [5.74, 6) is -0.222. The SMILES string of the molecule is CCn1c(=O)[nH]c2cc(C(=O)N3CCC(C(=O)NC)CC3)ccc2c1=O. The minimum atomic E-state index is -0.485. The molecule has 8 heteroatoms. The number of nitrogens with zero attached hydrogens (tertiary/aromatic N) is 2. The van der Waals surface area contributed by atoms with Gasteiger partial charge in [-0.05, 0) is 38.0 Å². The second-order valence-corrected chi connectivity index (χ2v) is 6.42. The Kier molecular flexibility index (Phi) is 4.92. The van der Waals surface area contributed by atoms with Gasteiger partial charge in [-0.2, -0.15) is 0 Å². The molecule has 0 aliphatic carbocycles. The number of nitrogens with one attached hydrogen (secondary N) is 2. The van der Waals surface area contributed by atoms with Crippen LogP contribution in [0.25, 0.3) is 10.9 Å². The second-order valence-electron chi connectivity index (χ2n) is 6.42. The van der Waals surface area contributed by atoms with E-state index in [-0.39, 0.29) is 29.8 Å². The van der Waals surface area contributed by atoms with Crippen molar-refractivity contribution < 1.29 is 9.59 Å². The average molecular weight is 358 g/mol. The van der Waals surface area contributed by atoms with Crippen LogP contribution >= 0.6 is 0 Å². The number of carbonyl (C=O) groups is 2. The van der Waals surface area contributed by atoms with E-state index in [4.69, 9.17) is 0 Å². The predicted octanol–water partition coefficient (Wildman–Crippen LogP) is 0.308. The number of rotatable bonds is 3. The zero-order valence-electron chi connectivity index (χ0n) is 14.9. The Morgan fingerprint density at radius 1 is 1.23 bits per heavy atom. The molecule has 3 rings (SSSR count).